The van der Waals surface area contributed by atoms with Crippen molar-refractivity contribution >= 4 is 23.5 Å². The molecule has 0 bridgehead atoms. The number of anilines is 1. The number of carbonyl (C=O) groups excluding carboxylic acids is 1. The summed E-state index contributed by atoms with van der Waals surface area (Å²) in [5, 5.41) is 0. The predicted octanol–water partition coefficient (Wildman–Crippen LogP) is 0.816. The third-order valence-electron chi connectivity index (χ3n) is 1.23. The van der Waals surface area contributed by atoms with Gasteiger partial charge in [0.2, 0.25) is 6.29 Å². The van der Waals surface area contributed by atoms with Gasteiger partial charge < -0.3 is 14.6 Å². The molecule has 0 aromatic carbocycles. The van der Waals surface area contributed by atoms with Crippen LogP contribution in [0.15, 0.2) is 14.9 Å². The number of furan rings is 1. The van der Waals surface area contributed by atoms with Gasteiger partial charge in [-0.2, -0.15) is 4.98 Å². The van der Waals surface area contributed by atoms with E-state index in [4.69, 9.17) is 14.6 Å². The molecule has 2 heterocycles. The maximum absolute atomic E-state index is 10.1. The molecule has 5 nitrogen and oxygen atoms in total. The van der Waals surface area contributed by atoms with E-state index in [0.29, 0.717) is 11.9 Å². The summed E-state index contributed by atoms with van der Waals surface area (Å²) in [4.78, 5) is 13.8. The molecule has 0 amide bonds. The van der Waals surface area contributed by atoms with E-state index in [9.17, 15) is 4.79 Å². The lowest BCUT2D eigenvalue weighted by molar-refractivity contribution is 0.109. The van der Waals surface area contributed by atoms with Crippen LogP contribution in [0.2, 0.25) is 0 Å². The largest absolute Gasteiger partial charge is 0.430 e. The molecule has 2 aromatic heterocycles. The van der Waals surface area contributed by atoms with Crippen LogP contribution in [-0.2, 0) is 0 Å². The topological polar surface area (TPSA) is 82.3 Å². The van der Waals surface area contributed by atoms with Crippen molar-refractivity contribution in [2.75, 3.05) is 5.73 Å². The van der Waals surface area contributed by atoms with Gasteiger partial charge in [0.1, 0.15) is 0 Å². The number of aldehydes is 1. The van der Waals surface area contributed by atoms with Crippen molar-refractivity contribution < 1.29 is 13.6 Å². The highest BCUT2D eigenvalue weighted by Gasteiger charge is 2.08. The summed E-state index contributed by atoms with van der Waals surface area (Å²) in [6.45, 7) is 0. The SMILES string of the molecule is Nc1cc2oc(C=O)nc2o1. The van der Waals surface area contributed by atoms with Crippen LogP contribution in [0.25, 0.3) is 11.3 Å². The van der Waals surface area contributed by atoms with Crippen molar-refractivity contribution in [2.24, 2.45) is 0 Å². The van der Waals surface area contributed by atoms with E-state index in [1.165, 1.54) is 6.07 Å². The molecule has 56 valence electrons. The number of nitrogen functional groups attached to an aromatic ring is 1. The summed E-state index contributed by atoms with van der Waals surface area (Å²) in [7, 11) is 0. The molecule has 5 heteroatoms. The molecule has 0 aliphatic rings. The Labute approximate surface area is 60.8 Å². The zero-order valence-electron chi connectivity index (χ0n) is 5.40. The van der Waals surface area contributed by atoms with Crippen molar-refractivity contribution in [3.8, 4) is 0 Å². The number of hydrogen-bond acceptors (Lipinski definition) is 5. The second-order valence-corrected chi connectivity index (χ2v) is 1.99. The molecule has 0 fully saturated rings. The van der Waals surface area contributed by atoms with Gasteiger partial charge in [0.05, 0.1) is 0 Å². The Morgan fingerprint density at radius 1 is 1.55 bits per heavy atom. The Balaban J connectivity index is 2.72. The number of rotatable bonds is 1. The molecule has 0 aliphatic heterocycles. The summed E-state index contributed by atoms with van der Waals surface area (Å²) >= 11 is 0. The van der Waals surface area contributed by atoms with Crippen LogP contribution in [0, 0.1) is 0 Å². The minimum absolute atomic E-state index is 0.00116. The molecule has 2 aromatic rings. The smallest absolute Gasteiger partial charge is 0.268 e. The normalized spacial score (nSPS) is 10.5. The van der Waals surface area contributed by atoms with Crippen LogP contribution in [-0.4, -0.2) is 11.3 Å². The zero-order valence-corrected chi connectivity index (χ0v) is 5.40. The van der Waals surface area contributed by atoms with Gasteiger partial charge in [-0.15, -0.1) is 0 Å². The van der Waals surface area contributed by atoms with Crippen LogP contribution in [0.1, 0.15) is 10.7 Å². The average Bonchev–Trinajstić information content (AvgIpc) is 2.43. The van der Waals surface area contributed by atoms with Crippen LogP contribution >= 0.6 is 0 Å². The molecule has 2 N–H and O–H groups in total. The molecular formula is C6H4N2O3. The van der Waals surface area contributed by atoms with Crippen LogP contribution < -0.4 is 5.73 Å². The lowest BCUT2D eigenvalue weighted by Gasteiger charge is -1.76. The van der Waals surface area contributed by atoms with Crippen molar-refractivity contribution in [1.82, 2.24) is 4.98 Å². The van der Waals surface area contributed by atoms with Crippen LogP contribution in [0.5, 0.6) is 0 Å². The average molecular weight is 152 g/mol. The molecule has 11 heavy (non-hydrogen) atoms. The summed E-state index contributed by atoms with van der Waals surface area (Å²) in [6, 6.07) is 1.47. The maximum atomic E-state index is 10.1. The van der Waals surface area contributed by atoms with E-state index >= 15 is 0 Å². The lowest BCUT2D eigenvalue weighted by atomic mass is 10.6. The monoisotopic (exact) mass is 152 g/mol. The van der Waals surface area contributed by atoms with Gasteiger partial charge in [-0.05, 0) is 0 Å². The summed E-state index contributed by atoms with van der Waals surface area (Å²) in [5.74, 6) is 0.224. The number of nitrogens with zero attached hydrogens (tertiary/aromatic N) is 1. The van der Waals surface area contributed by atoms with Gasteiger partial charge in [0.25, 0.3) is 11.6 Å². The Morgan fingerprint density at radius 3 is 3.00 bits per heavy atom. The standard InChI is InChI=1S/C6H4N2O3/c7-4-1-3-6(11-4)8-5(2-9)10-3/h1-2H,7H2. The second-order valence-electron chi connectivity index (χ2n) is 1.99. The summed E-state index contributed by atoms with van der Waals surface area (Å²) in [6.07, 6.45) is 0.506. The molecule has 0 aliphatic carbocycles. The number of carbonyl (C=O) groups is 1. The van der Waals surface area contributed by atoms with Gasteiger partial charge in [-0.1, -0.05) is 0 Å². The fourth-order valence-corrected chi connectivity index (χ4v) is 0.819. The van der Waals surface area contributed by atoms with Gasteiger partial charge in [0, 0.05) is 6.07 Å². The molecule has 0 saturated carbocycles. The molecule has 0 atom stereocenters. The number of oxazole rings is 1. The van der Waals surface area contributed by atoms with Gasteiger partial charge in [0.15, 0.2) is 11.5 Å². The third-order valence-corrected chi connectivity index (χ3v) is 1.23. The molecule has 0 radical (unpaired) electrons. The molecule has 0 saturated heterocycles. The molecule has 0 unspecified atom stereocenters. The fourth-order valence-electron chi connectivity index (χ4n) is 0.819. The highest BCUT2D eigenvalue weighted by molar-refractivity contribution is 5.77. The van der Waals surface area contributed by atoms with Crippen molar-refractivity contribution in [3.05, 3.63) is 12.0 Å². The van der Waals surface area contributed by atoms with E-state index in [0.717, 1.165) is 0 Å². The molecular weight excluding hydrogens is 148 g/mol. The molecule has 0 spiro atoms. The van der Waals surface area contributed by atoms with Crippen LogP contribution in [0.3, 0.4) is 0 Å². The van der Waals surface area contributed by atoms with Crippen molar-refractivity contribution in [2.45, 2.75) is 0 Å². The number of hydrogen-bond donors (Lipinski definition) is 1. The first kappa shape index (κ1) is 5.96. The quantitative estimate of drug-likeness (QED) is 0.611. The Kier molecular flexibility index (Phi) is 1.00. The maximum Gasteiger partial charge on any atom is 0.268 e. The fraction of sp³-hybridized carbons (Fsp3) is 0. The van der Waals surface area contributed by atoms with Crippen molar-refractivity contribution in [1.29, 1.82) is 0 Å². The minimum atomic E-state index is -0.00116. The first-order valence-electron chi connectivity index (χ1n) is 2.90. The lowest BCUT2D eigenvalue weighted by Crippen LogP contribution is -1.78. The Hall–Kier alpha value is -1.78. The van der Waals surface area contributed by atoms with E-state index in [2.05, 4.69) is 4.98 Å². The number of aromatic nitrogens is 1. The highest BCUT2D eigenvalue weighted by atomic mass is 16.4. The van der Waals surface area contributed by atoms with Crippen molar-refractivity contribution in [3.63, 3.8) is 0 Å². The highest BCUT2D eigenvalue weighted by Crippen LogP contribution is 2.20. The first-order chi connectivity index (χ1) is 5.29. The van der Waals surface area contributed by atoms with E-state index in [-0.39, 0.29) is 17.5 Å². The van der Waals surface area contributed by atoms with Gasteiger partial charge in [-0.25, -0.2) is 0 Å². The zero-order chi connectivity index (χ0) is 7.84. The van der Waals surface area contributed by atoms with Gasteiger partial charge >= 0.3 is 0 Å². The first-order valence-corrected chi connectivity index (χ1v) is 2.90. The van der Waals surface area contributed by atoms with E-state index in [1.54, 1.807) is 0 Å². The van der Waals surface area contributed by atoms with Crippen LogP contribution in [0.4, 0.5) is 5.88 Å². The summed E-state index contributed by atoms with van der Waals surface area (Å²) in [5.41, 5.74) is 5.92. The third kappa shape index (κ3) is 0.778. The Morgan fingerprint density at radius 2 is 2.36 bits per heavy atom. The summed E-state index contributed by atoms with van der Waals surface area (Å²) < 4.78 is 9.75. The second kappa shape index (κ2) is 1.85. The van der Waals surface area contributed by atoms with E-state index < -0.39 is 0 Å². The minimum Gasteiger partial charge on any atom is -0.430 e. The Bertz CT molecular complexity index is 369. The predicted molar refractivity (Wildman–Crippen MR) is 36.1 cm³/mol. The molecule has 2 rings (SSSR count). The number of fused-ring (bicyclic) bond motifs is 1. The van der Waals surface area contributed by atoms with Gasteiger partial charge in [-0.3, -0.25) is 4.79 Å². The van der Waals surface area contributed by atoms with E-state index in [1.807, 2.05) is 0 Å². The number of nitrogens with two attached hydrogens (primary N) is 1.